The first kappa shape index (κ1) is 12.3. The highest BCUT2D eigenvalue weighted by Gasteiger charge is 2.11. The Kier molecular flexibility index (Phi) is 3.59. The van der Waals surface area contributed by atoms with Crippen LogP contribution >= 0.6 is 23.4 Å². The molecule has 0 fully saturated rings. The lowest BCUT2D eigenvalue weighted by atomic mass is 10.4. The first-order valence-electron chi connectivity index (χ1n) is 5.10. The standard InChI is InChI=1S/C11H13ClN4S/c1-7-11(12)9(16(2)15-7)6-17-10-3-4-14-5-8(10)13/h3-5H,6,13H2,1-2H3. The third-order valence-corrected chi connectivity index (χ3v) is 4.03. The van der Waals surface area contributed by atoms with Crippen LogP contribution in [-0.2, 0) is 12.8 Å². The van der Waals surface area contributed by atoms with Crippen molar-refractivity contribution in [2.45, 2.75) is 17.6 Å². The fraction of sp³-hybridized carbons (Fsp3) is 0.273. The summed E-state index contributed by atoms with van der Waals surface area (Å²) >= 11 is 7.81. The molecule has 17 heavy (non-hydrogen) atoms. The third kappa shape index (κ3) is 2.56. The fourth-order valence-corrected chi connectivity index (χ4v) is 2.81. The van der Waals surface area contributed by atoms with Gasteiger partial charge in [0.05, 0.1) is 28.3 Å². The number of hydrogen-bond donors (Lipinski definition) is 1. The molecular weight excluding hydrogens is 256 g/mol. The van der Waals surface area contributed by atoms with Crippen LogP contribution in [0, 0.1) is 6.92 Å². The molecule has 90 valence electrons. The van der Waals surface area contributed by atoms with Gasteiger partial charge in [-0.3, -0.25) is 9.67 Å². The maximum absolute atomic E-state index is 6.18. The summed E-state index contributed by atoms with van der Waals surface area (Å²) in [6.45, 7) is 1.90. The lowest BCUT2D eigenvalue weighted by molar-refractivity contribution is 0.727. The SMILES string of the molecule is Cc1nn(C)c(CSc2ccncc2N)c1Cl. The number of nitrogen functional groups attached to an aromatic ring is 1. The number of nitrogens with two attached hydrogens (primary N) is 1. The molecule has 2 N–H and O–H groups in total. The Bertz CT molecular complexity index is 538. The highest BCUT2D eigenvalue weighted by atomic mass is 35.5. The largest absolute Gasteiger partial charge is 0.397 e. The molecule has 4 nitrogen and oxygen atoms in total. The van der Waals surface area contributed by atoms with E-state index in [2.05, 4.69) is 10.1 Å². The molecule has 0 amide bonds. The molecule has 0 saturated heterocycles. The lowest BCUT2D eigenvalue weighted by Gasteiger charge is -2.05. The van der Waals surface area contributed by atoms with E-state index in [9.17, 15) is 0 Å². The summed E-state index contributed by atoms with van der Waals surface area (Å²) in [5, 5.41) is 5.00. The molecule has 0 aromatic carbocycles. The summed E-state index contributed by atoms with van der Waals surface area (Å²) < 4.78 is 1.81. The average Bonchev–Trinajstić information content (AvgIpc) is 2.53. The second kappa shape index (κ2) is 4.98. The van der Waals surface area contributed by atoms with Gasteiger partial charge in [-0.15, -0.1) is 11.8 Å². The zero-order chi connectivity index (χ0) is 12.4. The Labute approximate surface area is 109 Å². The van der Waals surface area contributed by atoms with Crippen LogP contribution in [0.4, 0.5) is 5.69 Å². The van der Waals surface area contributed by atoms with Crippen LogP contribution < -0.4 is 5.73 Å². The van der Waals surface area contributed by atoms with E-state index < -0.39 is 0 Å². The molecule has 2 aromatic rings. The molecule has 0 spiro atoms. The molecule has 0 unspecified atom stereocenters. The number of hydrogen-bond acceptors (Lipinski definition) is 4. The molecule has 2 aromatic heterocycles. The number of rotatable bonds is 3. The van der Waals surface area contributed by atoms with Gasteiger partial charge in [-0.05, 0) is 13.0 Å². The van der Waals surface area contributed by atoms with Crippen molar-refractivity contribution in [1.29, 1.82) is 0 Å². The molecule has 2 rings (SSSR count). The van der Waals surface area contributed by atoms with Gasteiger partial charge in [0.1, 0.15) is 0 Å². The second-order valence-corrected chi connectivity index (χ2v) is 5.07. The van der Waals surface area contributed by atoms with Crippen LogP contribution in [0.3, 0.4) is 0 Å². The summed E-state index contributed by atoms with van der Waals surface area (Å²) in [4.78, 5) is 4.97. The number of anilines is 1. The van der Waals surface area contributed by atoms with Crippen molar-refractivity contribution in [3.05, 3.63) is 34.9 Å². The van der Waals surface area contributed by atoms with E-state index in [0.29, 0.717) is 5.69 Å². The van der Waals surface area contributed by atoms with Gasteiger partial charge in [0.15, 0.2) is 0 Å². The number of aryl methyl sites for hydroxylation is 2. The van der Waals surface area contributed by atoms with Gasteiger partial charge in [0.2, 0.25) is 0 Å². The van der Waals surface area contributed by atoms with Gasteiger partial charge in [0, 0.05) is 23.9 Å². The van der Waals surface area contributed by atoms with Crippen LogP contribution in [0.5, 0.6) is 0 Å². The average molecular weight is 269 g/mol. The summed E-state index contributed by atoms with van der Waals surface area (Å²) in [5.41, 5.74) is 8.37. The minimum absolute atomic E-state index is 0.688. The van der Waals surface area contributed by atoms with E-state index >= 15 is 0 Å². The Morgan fingerprint density at radius 1 is 1.53 bits per heavy atom. The number of nitrogens with zero attached hydrogens (tertiary/aromatic N) is 3. The molecule has 0 aliphatic carbocycles. The number of aromatic nitrogens is 3. The van der Waals surface area contributed by atoms with Gasteiger partial charge >= 0.3 is 0 Å². The smallest absolute Gasteiger partial charge is 0.0855 e. The second-order valence-electron chi connectivity index (χ2n) is 3.67. The maximum atomic E-state index is 6.18. The van der Waals surface area contributed by atoms with Gasteiger partial charge < -0.3 is 5.73 Å². The van der Waals surface area contributed by atoms with Gasteiger partial charge in [-0.25, -0.2) is 0 Å². The Morgan fingerprint density at radius 3 is 2.88 bits per heavy atom. The van der Waals surface area contributed by atoms with Gasteiger partial charge in [0.25, 0.3) is 0 Å². The van der Waals surface area contributed by atoms with E-state index in [0.717, 1.165) is 27.1 Å². The minimum atomic E-state index is 0.688. The van der Waals surface area contributed by atoms with Gasteiger partial charge in [-0.2, -0.15) is 5.10 Å². The van der Waals surface area contributed by atoms with Crippen molar-refractivity contribution in [3.63, 3.8) is 0 Å². The van der Waals surface area contributed by atoms with Crippen LogP contribution in [0.15, 0.2) is 23.4 Å². The predicted octanol–water partition coefficient (Wildman–Crippen LogP) is 2.65. The Balaban J connectivity index is 2.15. The number of thioether (sulfide) groups is 1. The predicted molar refractivity (Wildman–Crippen MR) is 71.2 cm³/mol. The first-order valence-corrected chi connectivity index (χ1v) is 6.46. The van der Waals surface area contributed by atoms with Gasteiger partial charge in [-0.1, -0.05) is 11.6 Å². The number of halogens is 1. The Morgan fingerprint density at radius 2 is 2.29 bits per heavy atom. The van der Waals surface area contributed by atoms with Crippen molar-refractivity contribution >= 4 is 29.1 Å². The molecule has 0 radical (unpaired) electrons. The van der Waals surface area contributed by atoms with Crippen LogP contribution in [0.25, 0.3) is 0 Å². The van der Waals surface area contributed by atoms with Crippen molar-refractivity contribution in [2.75, 3.05) is 5.73 Å². The summed E-state index contributed by atoms with van der Waals surface area (Å²) in [6, 6.07) is 1.90. The fourth-order valence-electron chi connectivity index (χ4n) is 1.51. The molecule has 0 aliphatic rings. The van der Waals surface area contributed by atoms with E-state index in [1.807, 2.05) is 24.7 Å². The summed E-state index contributed by atoms with van der Waals surface area (Å²) in [6.07, 6.45) is 3.38. The van der Waals surface area contributed by atoms with E-state index in [4.69, 9.17) is 17.3 Å². The molecular formula is C11H13ClN4S. The summed E-state index contributed by atoms with van der Waals surface area (Å²) in [7, 11) is 1.89. The van der Waals surface area contributed by atoms with E-state index in [1.165, 1.54) is 0 Å². The quantitative estimate of drug-likeness (QED) is 0.870. The molecule has 0 bridgehead atoms. The highest BCUT2D eigenvalue weighted by molar-refractivity contribution is 7.98. The molecule has 2 heterocycles. The van der Waals surface area contributed by atoms with Crippen molar-refractivity contribution < 1.29 is 0 Å². The van der Waals surface area contributed by atoms with Crippen LogP contribution in [0.2, 0.25) is 5.02 Å². The highest BCUT2D eigenvalue weighted by Crippen LogP contribution is 2.30. The Hall–Kier alpha value is -1.20. The topological polar surface area (TPSA) is 56.7 Å². The molecule has 6 heteroatoms. The summed E-state index contributed by atoms with van der Waals surface area (Å²) in [5.74, 6) is 0.740. The number of pyridine rings is 1. The van der Waals surface area contributed by atoms with Crippen molar-refractivity contribution in [3.8, 4) is 0 Å². The van der Waals surface area contributed by atoms with Crippen LogP contribution in [-0.4, -0.2) is 14.8 Å². The molecule has 0 atom stereocenters. The van der Waals surface area contributed by atoms with E-state index in [1.54, 1.807) is 24.2 Å². The zero-order valence-corrected chi connectivity index (χ0v) is 11.2. The first-order chi connectivity index (χ1) is 8.09. The molecule has 0 aliphatic heterocycles. The normalized spacial score (nSPS) is 10.8. The van der Waals surface area contributed by atoms with E-state index in [-0.39, 0.29) is 0 Å². The lowest BCUT2D eigenvalue weighted by Crippen LogP contribution is -1.97. The van der Waals surface area contributed by atoms with Crippen LogP contribution in [0.1, 0.15) is 11.4 Å². The molecule has 0 saturated carbocycles. The minimum Gasteiger partial charge on any atom is -0.397 e. The third-order valence-electron chi connectivity index (χ3n) is 2.44. The maximum Gasteiger partial charge on any atom is 0.0855 e. The van der Waals surface area contributed by atoms with Crippen molar-refractivity contribution in [2.24, 2.45) is 7.05 Å². The monoisotopic (exact) mass is 268 g/mol. The zero-order valence-electron chi connectivity index (χ0n) is 9.64. The van der Waals surface area contributed by atoms with Crippen molar-refractivity contribution in [1.82, 2.24) is 14.8 Å².